The van der Waals surface area contributed by atoms with Gasteiger partial charge >= 0.3 is 0 Å². The van der Waals surface area contributed by atoms with Crippen molar-refractivity contribution in [2.75, 3.05) is 13.1 Å². The summed E-state index contributed by atoms with van der Waals surface area (Å²) in [5.41, 5.74) is 7.73. The topological polar surface area (TPSA) is 44.7 Å². The van der Waals surface area contributed by atoms with Crippen molar-refractivity contribution in [1.29, 1.82) is 0 Å². The molecule has 1 aromatic rings. The smallest absolute Gasteiger partial charge is 0.227 e. The van der Waals surface area contributed by atoms with Gasteiger partial charge in [-0.05, 0) is 60.8 Å². The van der Waals surface area contributed by atoms with Gasteiger partial charge < -0.3 is 0 Å². The molecule has 2 atom stereocenters. The van der Waals surface area contributed by atoms with Crippen molar-refractivity contribution in [3.05, 3.63) is 34.9 Å². The molecule has 128 valence electrons. The fourth-order valence-electron chi connectivity index (χ4n) is 4.18. The molecule has 0 bridgehead atoms. The van der Waals surface area contributed by atoms with E-state index in [9.17, 15) is 4.79 Å². The summed E-state index contributed by atoms with van der Waals surface area (Å²) in [5.74, 6) is 1.16. The second-order valence-electron chi connectivity index (χ2n) is 7.67. The van der Waals surface area contributed by atoms with E-state index < -0.39 is 0 Å². The highest BCUT2D eigenvalue weighted by Gasteiger charge is 2.38. The van der Waals surface area contributed by atoms with E-state index in [2.05, 4.69) is 40.5 Å². The molecule has 2 saturated carbocycles. The van der Waals surface area contributed by atoms with Gasteiger partial charge in [0.05, 0.1) is 5.71 Å². The number of carbonyl (C=O) groups is 1. The Hall–Kier alpha value is -1.68. The molecule has 2 aliphatic carbocycles. The predicted molar refractivity (Wildman–Crippen MR) is 96.1 cm³/mol. The van der Waals surface area contributed by atoms with Crippen LogP contribution in [0.4, 0.5) is 0 Å². The predicted octanol–water partition coefficient (Wildman–Crippen LogP) is 2.75. The lowest BCUT2D eigenvalue weighted by molar-refractivity contribution is -0.109. The second-order valence-corrected chi connectivity index (χ2v) is 7.67. The van der Waals surface area contributed by atoms with Crippen LogP contribution in [0, 0.1) is 11.8 Å². The molecule has 4 nitrogen and oxygen atoms in total. The van der Waals surface area contributed by atoms with Crippen LogP contribution >= 0.6 is 0 Å². The Bertz CT molecular complexity index is 650. The third-order valence-electron chi connectivity index (χ3n) is 6.13. The van der Waals surface area contributed by atoms with Crippen molar-refractivity contribution in [2.24, 2.45) is 16.9 Å². The maximum Gasteiger partial charge on any atom is 0.227 e. The van der Waals surface area contributed by atoms with Gasteiger partial charge in [-0.1, -0.05) is 25.5 Å². The molecule has 0 aromatic heterocycles. The lowest BCUT2D eigenvalue weighted by atomic mass is 9.91. The number of hydrazone groups is 1. The Labute approximate surface area is 144 Å². The van der Waals surface area contributed by atoms with E-state index in [1.165, 1.54) is 55.5 Å². The zero-order chi connectivity index (χ0) is 16.5. The number of hydrogen-bond acceptors (Lipinski definition) is 3. The van der Waals surface area contributed by atoms with Crippen molar-refractivity contribution >= 4 is 12.1 Å². The number of benzene rings is 1. The van der Waals surface area contributed by atoms with E-state index in [4.69, 9.17) is 0 Å². The SMILES string of the molecule is CC1CC1/C(=N\NC=O)c1ccc2c(c1)CCN(C1CCC1)CC2. The van der Waals surface area contributed by atoms with E-state index in [0.717, 1.165) is 24.6 Å². The summed E-state index contributed by atoms with van der Waals surface area (Å²) in [5, 5.41) is 4.35. The van der Waals surface area contributed by atoms with Gasteiger partial charge in [-0.3, -0.25) is 9.69 Å². The van der Waals surface area contributed by atoms with Crippen molar-refractivity contribution in [3.8, 4) is 0 Å². The van der Waals surface area contributed by atoms with Crippen LogP contribution in [0.3, 0.4) is 0 Å². The molecular weight excluding hydrogens is 298 g/mol. The molecule has 1 aliphatic heterocycles. The molecular formula is C20H27N3O. The number of nitrogens with one attached hydrogen (secondary N) is 1. The first kappa shape index (κ1) is 15.8. The highest BCUT2D eigenvalue weighted by atomic mass is 16.1. The summed E-state index contributed by atoms with van der Waals surface area (Å²) < 4.78 is 0. The normalized spacial score (nSPS) is 27.8. The van der Waals surface area contributed by atoms with Crippen LogP contribution in [0.1, 0.15) is 49.3 Å². The Kier molecular flexibility index (Phi) is 4.40. The molecule has 1 N–H and O–H groups in total. The summed E-state index contributed by atoms with van der Waals surface area (Å²) >= 11 is 0. The first-order chi connectivity index (χ1) is 11.8. The summed E-state index contributed by atoms with van der Waals surface area (Å²) in [6.07, 6.45) is 8.30. The first-order valence-corrected chi connectivity index (χ1v) is 9.39. The Morgan fingerprint density at radius 3 is 2.62 bits per heavy atom. The number of fused-ring (bicyclic) bond motifs is 1. The molecule has 1 amide bonds. The number of carbonyl (C=O) groups excluding carboxylic acids is 1. The van der Waals surface area contributed by atoms with Crippen molar-refractivity contribution < 1.29 is 4.79 Å². The van der Waals surface area contributed by atoms with Crippen LogP contribution in [0.25, 0.3) is 0 Å². The van der Waals surface area contributed by atoms with Crippen LogP contribution in [0.15, 0.2) is 23.3 Å². The van der Waals surface area contributed by atoms with E-state index in [-0.39, 0.29) is 0 Å². The van der Waals surface area contributed by atoms with Crippen molar-refractivity contribution in [2.45, 2.75) is 51.5 Å². The van der Waals surface area contributed by atoms with Gasteiger partial charge in [0.2, 0.25) is 6.41 Å². The highest BCUT2D eigenvalue weighted by molar-refractivity contribution is 6.04. The third-order valence-corrected chi connectivity index (χ3v) is 6.13. The largest absolute Gasteiger partial charge is 0.300 e. The molecule has 4 heteroatoms. The van der Waals surface area contributed by atoms with E-state index >= 15 is 0 Å². The maximum absolute atomic E-state index is 10.7. The third kappa shape index (κ3) is 3.12. The van der Waals surface area contributed by atoms with Gasteiger partial charge in [-0.25, -0.2) is 5.43 Å². The monoisotopic (exact) mass is 325 g/mol. The van der Waals surface area contributed by atoms with Crippen LogP contribution in [0.5, 0.6) is 0 Å². The molecule has 3 aliphatic rings. The fraction of sp³-hybridized carbons (Fsp3) is 0.600. The highest BCUT2D eigenvalue weighted by Crippen LogP contribution is 2.41. The molecule has 0 spiro atoms. The molecule has 2 unspecified atom stereocenters. The summed E-state index contributed by atoms with van der Waals surface area (Å²) in [6.45, 7) is 4.63. The van der Waals surface area contributed by atoms with Gasteiger partial charge in [0.15, 0.2) is 0 Å². The lowest BCUT2D eigenvalue weighted by Gasteiger charge is -2.36. The molecule has 0 radical (unpaired) electrons. The Morgan fingerprint density at radius 1 is 1.25 bits per heavy atom. The zero-order valence-electron chi connectivity index (χ0n) is 14.5. The number of nitrogens with zero attached hydrogens (tertiary/aromatic N) is 2. The van der Waals surface area contributed by atoms with Gasteiger partial charge in [-0.15, -0.1) is 0 Å². The average Bonchev–Trinajstić information content (AvgIpc) is 3.29. The first-order valence-electron chi connectivity index (χ1n) is 9.39. The summed E-state index contributed by atoms with van der Waals surface area (Å²) in [4.78, 5) is 13.3. The van der Waals surface area contributed by atoms with Crippen molar-refractivity contribution in [1.82, 2.24) is 10.3 Å². The summed E-state index contributed by atoms with van der Waals surface area (Å²) in [7, 11) is 0. The molecule has 1 heterocycles. The van der Waals surface area contributed by atoms with Crippen molar-refractivity contribution in [3.63, 3.8) is 0 Å². The number of rotatable bonds is 5. The zero-order valence-corrected chi connectivity index (χ0v) is 14.5. The van der Waals surface area contributed by atoms with Crippen LogP contribution in [0.2, 0.25) is 0 Å². The molecule has 0 saturated heterocycles. The molecule has 2 fully saturated rings. The lowest BCUT2D eigenvalue weighted by Crippen LogP contribution is -2.41. The van der Waals surface area contributed by atoms with E-state index in [0.29, 0.717) is 18.2 Å². The minimum Gasteiger partial charge on any atom is -0.300 e. The standard InChI is InChI=1S/C20H27N3O/c1-14-11-19(14)20(22-21-13-24)17-6-5-15-7-9-23(18-3-2-4-18)10-8-16(15)12-17/h5-6,12-14,18-19H,2-4,7-11H2,1H3,(H,21,24)/b22-20-. The van der Waals surface area contributed by atoms with Crippen LogP contribution in [-0.2, 0) is 17.6 Å². The van der Waals surface area contributed by atoms with Crippen LogP contribution in [-0.4, -0.2) is 36.2 Å². The number of amides is 1. The molecule has 1 aromatic carbocycles. The van der Waals surface area contributed by atoms with E-state index in [1.54, 1.807) is 0 Å². The second kappa shape index (κ2) is 6.67. The molecule has 24 heavy (non-hydrogen) atoms. The van der Waals surface area contributed by atoms with Gasteiger partial charge in [0.1, 0.15) is 0 Å². The van der Waals surface area contributed by atoms with Crippen LogP contribution < -0.4 is 5.43 Å². The number of hydrogen-bond donors (Lipinski definition) is 1. The maximum atomic E-state index is 10.7. The molecule has 4 rings (SSSR count). The van der Waals surface area contributed by atoms with Gasteiger partial charge in [0, 0.05) is 25.0 Å². The Balaban J connectivity index is 1.54. The van der Waals surface area contributed by atoms with E-state index in [1.807, 2.05) is 0 Å². The fourth-order valence-corrected chi connectivity index (χ4v) is 4.18. The minimum atomic E-state index is 0.493. The van der Waals surface area contributed by atoms with Gasteiger partial charge in [-0.2, -0.15) is 5.10 Å². The quantitative estimate of drug-likeness (QED) is 0.514. The minimum absolute atomic E-state index is 0.493. The summed E-state index contributed by atoms with van der Waals surface area (Å²) in [6, 6.07) is 7.66. The Morgan fingerprint density at radius 2 is 2.00 bits per heavy atom. The van der Waals surface area contributed by atoms with Gasteiger partial charge in [0.25, 0.3) is 0 Å². The average molecular weight is 325 g/mol.